The first kappa shape index (κ1) is 4.99. The standard InChI is InChI=1S/C6H8N3/c1-2-8-9-4-3-7-5-6(1)9/h2,7H,3-5H2. The van der Waals surface area contributed by atoms with Crippen molar-refractivity contribution in [2.24, 2.45) is 0 Å². The number of nitrogens with zero attached hydrogens (tertiary/aromatic N) is 2. The molecule has 0 amide bonds. The van der Waals surface area contributed by atoms with Gasteiger partial charge in [-0.3, -0.25) is 4.68 Å². The Balaban J connectivity index is 2.39. The second-order valence-corrected chi connectivity index (χ2v) is 2.14. The summed E-state index contributed by atoms with van der Waals surface area (Å²) in [6, 6.07) is 3.05. The minimum Gasteiger partial charge on any atom is -0.309 e. The molecule has 2 heterocycles. The summed E-state index contributed by atoms with van der Waals surface area (Å²) in [5.41, 5.74) is 1.17. The number of aromatic nitrogens is 2. The molecule has 1 aliphatic rings. The lowest BCUT2D eigenvalue weighted by atomic mass is 10.3. The van der Waals surface area contributed by atoms with Gasteiger partial charge < -0.3 is 5.32 Å². The highest BCUT2D eigenvalue weighted by molar-refractivity contribution is 4.99. The Hall–Kier alpha value is -0.830. The average molecular weight is 122 g/mol. The van der Waals surface area contributed by atoms with Crippen LogP contribution in [0.3, 0.4) is 0 Å². The number of hydrogen-bond acceptors (Lipinski definition) is 2. The van der Waals surface area contributed by atoms with Gasteiger partial charge in [0.2, 0.25) is 0 Å². The molecule has 0 atom stereocenters. The molecule has 0 aromatic carbocycles. The lowest BCUT2D eigenvalue weighted by Crippen LogP contribution is -2.28. The van der Waals surface area contributed by atoms with Gasteiger partial charge in [0.25, 0.3) is 0 Å². The van der Waals surface area contributed by atoms with Crippen molar-refractivity contribution in [1.29, 1.82) is 0 Å². The van der Waals surface area contributed by atoms with E-state index < -0.39 is 0 Å². The molecule has 1 radical (unpaired) electrons. The highest BCUT2D eigenvalue weighted by Gasteiger charge is 2.05. The van der Waals surface area contributed by atoms with Gasteiger partial charge in [0.1, 0.15) is 0 Å². The predicted octanol–water partition coefficient (Wildman–Crippen LogP) is -0.214. The van der Waals surface area contributed by atoms with Gasteiger partial charge in [-0.05, 0) is 0 Å². The fourth-order valence-corrected chi connectivity index (χ4v) is 1.04. The van der Waals surface area contributed by atoms with Crippen molar-refractivity contribution >= 4 is 0 Å². The predicted molar refractivity (Wildman–Crippen MR) is 32.8 cm³/mol. The van der Waals surface area contributed by atoms with Crippen molar-refractivity contribution < 1.29 is 0 Å². The Morgan fingerprint density at radius 2 is 2.78 bits per heavy atom. The van der Waals surface area contributed by atoms with E-state index in [4.69, 9.17) is 0 Å². The van der Waals surface area contributed by atoms with Crippen molar-refractivity contribution in [2.75, 3.05) is 6.54 Å². The molecule has 0 spiro atoms. The SMILES string of the molecule is [c]1cnn2c1CNCC2. The van der Waals surface area contributed by atoms with Crippen LogP contribution in [0, 0.1) is 6.07 Å². The topological polar surface area (TPSA) is 29.9 Å². The first-order chi connectivity index (χ1) is 4.47. The quantitative estimate of drug-likeness (QED) is 0.516. The molecule has 3 heteroatoms. The monoisotopic (exact) mass is 122 g/mol. The summed E-state index contributed by atoms with van der Waals surface area (Å²) in [4.78, 5) is 0. The molecule has 0 unspecified atom stereocenters. The van der Waals surface area contributed by atoms with Crippen LogP contribution in [-0.4, -0.2) is 16.3 Å². The zero-order valence-electron chi connectivity index (χ0n) is 5.09. The smallest absolute Gasteiger partial charge is 0.0602 e. The zero-order valence-corrected chi connectivity index (χ0v) is 5.09. The summed E-state index contributed by atoms with van der Waals surface area (Å²) in [6.45, 7) is 2.93. The average Bonchev–Trinajstić information content (AvgIpc) is 2.33. The fraction of sp³-hybridized carbons (Fsp3) is 0.500. The first-order valence-corrected chi connectivity index (χ1v) is 3.10. The van der Waals surface area contributed by atoms with Crippen LogP contribution in [0.15, 0.2) is 6.20 Å². The number of nitrogens with one attached hydrogen (secondary N) is 1. The lowest BCUT2D eigenvalue weighted by Gasteiger charge is -2.13. The van der Waals surface area contributed by atoms with E-state index in [-0.39, 0.29) is 0 Å². The third kappa shape index (κ3) is 0.733. The van der Waals surface area contributed by atoms with Crippen LogP contribution in [-0.2, 0) is 13.1 Å². The van der Waals surface area contributed by atoms with Crippen LogP contribution >= 0.6 is 0 Å². The van der Waals surface area contributed by atoms with Crippen molar-refractivity contribution in [2.45, 2.75) is 13.1 Å². The van der Waals surface area contributed by atoms with E-state index in [2.05, 4.69) is 16.5 Å². The minimum absolute atomic E-state index is 0.917. The third-order valence-corrected chi connectivity index (χ3v) is 1.53. The Kier molecular flexibility index (Phi) is 1.02. The Morgan fingerprint density at radius 1 is 1.78 bits per heavy atom. The van der Waals surface area contributed by atoms with Gasteiger partial charge in [-0.1, -0.05) is 0 Å². The van der Waals surface area contributed by atoms with E-state index in [9.17, 15) is 0 Å². The third-order valence-electron chi connectivity index (χ3n) is 1.53. The summed E-state index contributed by atoms with van der Waals surface area (Å²) in [5.74, 6) is 0. The molecule has 9 heavy (non-hydrogen) atoms. The lowest BCUT2D eigenvalue weighted by molar-refractivity contribution is 0.475. The fourth-order valence-electron chi connectivity index (χ4n) is 1.04. The summed E-state index contributed by atoms with van der Waals surface area (Å²) in [6.07, 6.45) is 1.72. The second-order valence-electron chi connectivity index (χ2n) is 2.14. The van der Waals surface area contributed by atoms with Crippen molar-refractivity contribution in [1.82, 2.24) is 15.1 Å². The van der Waals surface area contributed by atoms with Crippen molar-refractivity contribution in [3.05, 3.63) is 18.0 Å². The van der Waals surface area contributed by atoms with Gasteiger partial charge in [0, 0.05) is 19.2 Å². The molecular formula is C6H8N3. The second kappa shape index (κ2) is 1.84. The Morgan fingerprint density at radius 3 is 3.67 bits per heavy atom. The summed E-state index contributed by atoms with van der Waals surface area (Å²) in [5, 5.41) is 7.31. The molecule has 3 nitrogen and oxygen atoms in total. The van der Waals surface area contributed by atoms with E-state index in [1.165, 1.54) is 5.69 Å². The van der Waals surface area contributed by atoms with Gasteiger partial charge in [0.15, 0.2) is 0 Å². The molecule has 0 bridgehead atoms. The summed E-state index contributed by atoms with van der Waals surface area (Å²) < 4.78 is 1.98. The van der Waals surface area contributed by atoms with E-state index in [1.54, 1.807) is 6.20 Å². The molecular weight excluding hydrogens is 114 g/mol. The van der Waals surface area contributed by atoms with Crippen molar-refractivity contribution in [3.63, 3.8) is 0 Å². The first-order valence-electron chi connectivity index (χ1n) is 3.10. The number of fused-ring (bicyclic) bond motifs is 1. The van der Waals surface area contributed by atoms with Crippen molar-refractivity contribution in [3.8, 4) is 0 Å². The molecule has 0 aliphatic carbocycles. The van der Waals surface area contributed by atoms with E-state index in [0.29, 0.717) is 0 Å². The molecule has 0 saturated carbocycles. The molecule has 1 aliphatic heterocycles. The van der Waals surface area contributed by atoms with Crippen LogP contribution in [0.1, 0.15) is 5.69 Å². The summed E-state index contributed by atoms with van der Waals surface area (Å²) in [7, 11) is 0. The van der Waals surface area contributed by atoms with Crippen LogP contribution in [0.2, 0.25) is 0 Å². The van der Waals surface area contributed by atoms with Crippen LogP contribution in [0.25, 0.3) is 0 Å². The Bertz CT molecular complexity index is 183. The van der Waals surface area contributed by atoms with E-state index in [0.717, 1.165) is 19.6 Å². The van der Waals surface area contributed by atoms with Gasteiger partial charge >= 0.3 is 0 Å². The minimum atomic E-state index is 0.917. The van der Waals surface area contributed by atoms with Gasteiger partial charge in [-0.25, -0.2) is 0 Å². The number of rotatable bonds is 0. The molecule has 2 rings (SSSR count). The van der Waals surface area contributed by atoms with E-state index in [1.807, 2.05) is 4.68 Å². The molecule has 47 valence electrons. The summed E-state index contributed by atoms with van der Waals surface area (Å²) >= 11 is 0. The molecule has 1 aromatic heterocycles. The van der Waals surface area contributed by atoms with Gasteiger partial charge in [-0.15, -0.1) is 0 Å². The van der Waals surface area contributed by atoms with Crippen LogP contribution in [0.5, 0.6) is 0 Å². The molecule has 0 fully saturated rings. The highest BCUT2D eigenvalue weighted by Crippen LogP contribution is 2.00. The van der Waals surface area contributed by atoms with Crippen LogP contribution < -0.4 is 5.32 Å². The molecule has 0 saturated heterocycles. The highest BCUT2D eigenvalue weighted by atomic mass is 15.3. The van der Waals surface area contributed by atoms with Gasteiger partial charge in [-0.2, -0.15) is 5.10 Å². The number of hydrogen-bond donors (Lipinski definition) is 1. The maximum atomic E-state index is 4.08. The largest absolute Gasteiger partial charge is 0.309 e. The molecule has 1 N–H and O–H groups in total. The Labute approximate surface area is 53.7 Å². The van der Waals surface area contributed by atoms with Crippen LogP contribution in [0.4, 0.5) is 0 Å². The molecule has 1 aromatic rings. The van der Waals surface area contributed by atoms with Gasteiger partial charge in [0.05, 0.1) is 18.4 Å². The zero-order chi connectivity index (χ0) is 6.10. The maximum absolute atomic E-state index is 4.08. The maximum Gasteiger partial charge on any atom is 0.0602 e. The van der Waals surface area contributed by atoms with E-state index >= 15 is 0 Å². The normalized spacial score (nSPS) is 17.3.